The van der Waals surface area contributed by atoms with E-state index in [1.165, 1.54) is 21.8 Å². The molecule has 1 aromatic heterocycles. The van der Waals surface area contributed by atoms with E-state index >= 15 is 0 Å². The second kappa shape index (κ2) is 8.54. The summed E-state index contributed by atoms with van der Waals surface area (Å²) in [6.07, 6.45) is 6.49. The minimum atomic E-state index is -0.778. The van der Waals surface area contributed by atoms with E-state index in [1.807, 2.05) is 30.3 Å². The van der Waals surface area contributed by atoms with Gasteiger partial charge >= 0.3 is 5.97 Å². The number of hydrogen-bond acceptors (Lipinski definition) is 4. The maximum Gasteiger partial charge on any atom is 0.306 e. The largest absolute Gasteiger partial charge is 0.481 e. The predicted molar refractivity (Wildman–Crippen MR) is 124 cm³/mol. The molecule has 6 nitrogen and oxygen atoms in total. The van der Waals surface area contributed by atoms with E-state index in [1.54, 1.807) is 0 Å². The standard InChI is InChI=1S/C25H26N2O4S/c28-22(15-9-11-16(12-10-15)25(30)31)27-24-20(19-17-7-4-8-18(17)21(19)32-24)23(29)26-13-14-5-2-1-3-6-14/h1-3,5-7,15-16,18H,4,8-13H2,(H,26,29)(H,27,28)(H,30,31). The van der Waals surface area contributed by atoms with Crippen LogP contribution in [0.4, 0.5) is 5.00 Å². The normalized spacial score (nSPS) is 23.4. The number of amides is 2. The van der Waals surface area contributed by atoms with Crippen LogP contribution in [0.2, 0.25) is 0 Å². The Morgan fingerprint density at radius 3 is 2.44 bits per heavy atom. The van der Waals surface area contributed by atoms with Crippen LogP contribution in [0, 0.1) is 11.8 Å². The van der Waals surface area contributed by atoms with Crippen LogP contribution in [-0.2, 0) is 16.1 Å². The van der Waals surface area contributed by atoms with Crippen LogP contribution >= 0.6 is 11.3 Å². The Labute approximate surface area is 190 Å². The lowest BCUT2D eigenvalue weighted by molar-refractivity contribution is -0.143. The van der Waals surface area contributed by atoms with Crippen molar-refractivity contribution in [1.29, 1.82) is 0 Å². The van der Waals surface area contributed by atoms with E-state index in [0.29, 0.717) is 48.7 Å². The number of benzene rings is 1. The third kappa shape index (κ3) is 3.75. The minimum Gasteiger partial charge on any atom is -0.481 e. The van der Waals surface area contributed by atoms with Crippen molar-refractivity contribution < 1.29 is 19.5 Å². The van der Waals surface area contributed by atoms with Gasteiger partial charge in [-0.2, -0.15) is 0 Å². The average Bonchev–Trinajstić information content (AvgIpc) is 3.36. The molecule has 1 saturated carbocycles. The summed E-state index contributed by atoms with van der Waals surface area (Å²) in [5, 5.41) is 15.9. The molecule has 2 aromatic rings. The Bertz CT molecular complexity index is 1100. The highest BCUT2D eigenvalue weighted by Crippen LogP contribution is 2.59. The quantitative estimate of drug-likeness (QED) is 0.590. The molecule has 1 heterocycles. The van der Waals surface area contributed by atoms with Gasteiger partial charge in [0.15, 0.2) is 0 Å². The van der Waals surface area contributed by atoms with Gasteiger partial charge in [0, 0.05) is 28.8 Å². The molecule has 5 rings (SSSR count). The number of rotatable bonds is 6. The number of hydrogen-bond donors (Lipinski definition) is 3. The van der Waals surface area contributed by atoms with Gasteiger partial charge in [-0.25, -0.2) is 0 Å². The third-order valence-electron chi connectivity index (χ3n) is 6.94. The lowest BCUT2D eigenvalue weighted by Crippen LogP contribution is -2.30. The van der Waals surface area contributed by atoms with Crippen LogP contribution in [-0.4, -0.2) is 22.9 Å². The molecule has 0 saturated heterocycles. The van der Waals surface area contributed by atoms with E-state index in [9.17, 15) is 19.5 Å². The molecule has 1 atom stereocenters. The second-order valence-corrected chi connectivity index (χ2v) is 9.93. The molecule has 0 aliphatic heterocycles. The van der Waals surface area contributed by atoms with E-state index in [4.69, 9.17) is 0 Å². The van der Waals surface area contributed by atoms with Gasteiger partial charge in [-0.1, -0.05) is 36.4 Å². The van der Waals surface area contributed by atoms with E-state index in [-0.39, 0.29) is 23.7 Å². The molecule has 1 fully saturated rings. The summed E-state index contributed by atoms with van der Waals surface area (Å²) < 4.78 is 0. The fraction of sp³-hybridized carbons (Fsp3) is 0.400. The van der Waals surface area contributed by atoms with Crippen molar-refractivity contribution in [2.45, 2.75) is 51.0 Å². The lowest BCUT2D eigenvalue weighted by Gasteiger charge is -2.26. The molecule has 3 N–H and O–H groups in total. The number of aliphatic carboxylic acids is 1. The summed E-state index contributed by atoms with van der Waals surface area (Å²) in [6.45, 7) is 0.430. The van der Waals surface area contributed by atoms with Crippen molar-refractivity contribution in [2.75, 3.05) is 5.32 Å². The van der Waals surface area contributed by atoms with Gasteiger partial charge < -0.3 is 15.7 Å². The summed E-state index contributed by atoms with van der Waals surface area (Å²) in [7, 11) is 0. The summed E-state index contributed by atoms with van der Waals surface area (Å²) in [6, 6.07) is 9.77. The van der Waals surface area contributed by atoms with E-state index in [2.05, 4.69) is 16.7 Å². The Kier molecular flexibility index (Phi) is 5.59. The van der Waals surface area contributed by atoms with Gasteiger partial charge in [-0.05, 0) is 49.7 Å². The van der Waals surface area contributed by atoms with Gasteiger partial charge in [-0.15, -0.1) is 11.3 Å². The molecule has 0 radical (unpaired) electrons. The Morgan fingerprint density at radius 2 is 1.72 bits per heavy atom. The maximum atomic E-state index is 13.2. The molecular weight excluding hydrogens is 424 g/mol. The van der Waals surface area contributed by atoms with E-state index in [0.717, 1.165) is 24.0 Å². The first kappa shape index (κ1) is 20.9. The van der Waals surface area contributed by atoms with Crippen molar-refractivity contribution in [3.63, 3.8) is 0 Å². The molecule has 32 heavy (non-hydrogen) atoms. The first-order chi connectivity index (χ1) is 15.5. The van der Waals surface area contributed by atoms with Crippen LogP contribution in [0.5, 0.6) is 0 Å². The zero-order valence-corrected chi connectivity index (χ0v) is 18.5. The fourth-order valence-electron chi connectivity index (χ4n) is 5.14. The topological polar surface area (TPSA) is 95.5 Å². The molecule has 1 unspecified atom stereocenters. The Morgan fingerprint density at radius 1 is 1.00 bits per heavy atom. The number of thiophene rings is 1. The van der Waals surface area contributed by atoms with Crippen LogP contribution in [0.15, 0.2) is 36.4 Å². The van der Waals surface area contributed by atoms with Crippen molar-refractivity contribution in [3.8, 4) is 0 Å². The second-order valence-electron chi connectivity index (χ2n) is 8.88. The Balaban J connectivity index is 1.34. The van der Waals surface area contributed by atoms with Crippen LogP contribution in [0.1, 0.15) is 70.8 Å². The zero-order chi connectivity index (χ0) is 22.2. The molecule has 0 bridgehead atoms. The molecule has 0 spiro atoms. The van der Waals surface area contributed by atoms with Crippen molar-refractivity contribution in [2.24, 2.45) is 11.8 Å². The van der Waals surface area contributed by atoms with Crippen LogP contribution in [0.25, 0.3) is 5.57 Å². The first-order valence-electron chi connectivity index (χ1n) is 11.3. The molecule has 3 aliphatic carbocycles. The van der Waals surface area contributed by atoms with Crippen LogP contribution in [0.3, 0.4) is 0 Å². The number of fused-ring (bicyclic) bond motifs is 4. The van der Waals surface area contributed by atoms with Crippen molar-refractivity contribution >= 4 is 39.7 Å². The summed E-state index contributed by atoms with van der Waals surface area (Å²) in [5.74, 6) is -1.22. The van der Waals surface area contributed by atoms with Gasteiger partial charge in [0.05, 0.1) is 11.5 Å². The maximum absolute atomic E-state index is 13.2. The molecule has 1 aromatic carbocycles. The van der Waals surface area contributed by atoms with Gasteiger partial charge in [0.25, 0.3) is 5.91 Å². The third-order valence-corrected chi connectivity index (χ3v) is 8.16. The molecular formula is C25H26N2O4S. The number of carboxylic acid groups (broad SMARTS) is 1. The fourth-order valence-corrected chi connectivity index (χ4v) is 6.52. The van der Waals surface area contributed by atoms with Gasteiger partial charge in [-0.3, -0.25) is 14.4 Å². The summed E-state index contributed by atoms with van der Waals surface area (Å²) in [5.41, 5.74) is 3.85. The predicted octanol–water partition coefficient (Wildman–Crippen LogP) is 4.78. The molecule has 7 heteroatoms. The zero-order valence-electron chi connectivity index (χ0n) is 17.7. The minimum absolute atomic E-state index is 0.105. The Hall–Kier alpha value is -2.93. The van der Waals surface area contributed by atoms with Crippen molar-refractivity contribution in [1.82, 2.24) is 5.32 Å². The highest BCUT2D eigenvalue weighted by atomic mass is 32.1. The number of allylic oxidation sites excluding steroid dienone is 2. The smallest absolute Gasteiger partial charge is 0.306 e. The highest BCUT2D eigenvalue weighted by Gasteiger charge is 2.42. The number of carbonyl (C=O) groups is 3. The number of anilines is 1. The van der Waals surface area contributed by atoms with E-state index < -0.39 is 5.97 Å². The van der Waals surface area contributed by atoms with Gasteiger partial charge in [0.2, 0.25) is 5.91 Å². The van der Waals surface area contributed by atoms with Crippen LogP contribution < -0.4 is 10.6 Å². The highest BCUT2D eigenvalue weighted by molar-refractivity contribution is 7.17. The van der Waals surface area contributed by atoms with Gasteiger partial charge in [0.1, 0.15) is 5.00 Å². The summed E-state index contributed by atoms with van der Waals surface area (Å²) >= 11 is 1.52. The molecule has 3 aliphatic rings. The first-order valence-corrected chi connectivity index (χ1v) is 12.1. The lowest BCUT2D eigenvalue weighted by atomic mass is 9.78. The number of carboxylic acids is 1. The number of carbonyl (C=O) groups excluding carboxylic acids is 2. The van der Waals surface area contributed by atoms with Crippen molar-refractivity contribution in [3.05, 3.63) is 58.0 Å². The average molecular weight is 451 g/mol. The monoisotopic (exact) mass is 450 g/mol. The summed E-state index contributed by atoms with van der Waals surface area (Å²) in [4.78, 5) is 38.6. The molecule has 2 amide bonds. The SMILES string of the molecule is O=C(NCc1ccccc1)c1c(NC(=O)C2CCC(C(=O)O)CC2)sc2c1C1=CCCC12. The number of nitrogens with one attached hydrogen (secondary N) is 2. The molecule has 166 valence electrons.